The van der Waals surface area contributed by atoms with Gasteiger partial charge in [-0.3, -0.25) is 4.90 Å². The maximum atomic E-state index is 3.78. The van der Waals surface area contributed by atoms with E-state index in [0.717, 1.165) is 30.1 Å². The molecule has 2 bridgehead atoms. The molecule has 4 unspecified atom stereocenters. The fourth-order valence-electron chi connectivity index (χ4n) is 5.03. The minimum Gasteiger partial charge on any atom is -0.311 e. The first-order chi connectivity index (χ1) is 10.1. The second-order valence-corrected chi connectivity index (χ2v) is 8.05. The summed E-state index contributed by atoms with van der Waals surface area (Å²) in [5.74, 6) is 0.759. The zero-order valence-electron chi connectivity index (χ0n) is 14.5. The van der Waals surface area contributed by atoms with Gasteiger partial charge in [-0.1, -0.05) is 27.2 Å². The Balaban J connectivity index is 1.73. The molecule has 21 heavy (non-hydrogen) atoms. The highest BCUT2D eigenvalue weighted by molar-refractivity contribution is 4.98. The summed E-state index contributed by atoms with van der Waals surface area (Å²) < 4.78 is 0. The molecule has 3 saturated heterocycles. The van der Waals surface area contributed by atoms with Gasteiger partial charge in [0.05, 0.1) is 0 Å². The zero-order chi connectivity index (χ0) is 15.0. The minimum atomic E-state index is 0.708. The first-order valence-corrected chi connectivity index (χ1v) is 9.31. The summed E-state index contributed by atoms with van der Waals surface area (Å²) >= 11 is 0. The lowest BCUT2D eigenvalue weighted by Gasteiger charge is -2.53. The second kappa shape index (κ2) is 6.55. The van der Waals surface area contributed by atoms with Crippen LogP contribution < -0.4 is 5.32 Å². The first kappa shape index (κ1) is 15.8. The summed E-state index contributed by atoms with van der Waals surface area (Å²) in [4.78, 5) is 5.61. The van der Waals surface area contributed by atoms with Crippen molar-refractivity contribution in [3.63, 3.8) is 0 Å². The van der Waals surface area contributed by atoms with Crippen LogP contribution in [-0.4, -0.2) is 60.1 Å². The lowest BCUT2D eigenvalue weighted by Crippen LogP contribution is -2.64. The van der Waals surface area contributed by atoms with Crippen LogP contribution in [-0.2, 0) is 0 Å². The fraction of sp³-hybridized carbons (Fsp3) is 1.00. The van der Waals surface area contributed by atoms with Crippen molar-refractivity contribution in [3.8, 4) is 0 Å². The average molecular weight is 293 g/mol. The molecule has 122 valence electrons. The van der Waals surface area contributed by atoms with Crippen LogP contribution in [0.2, 0.25) is 0 Å². The standard InChI is InChI=1S/C18H35N3/c1-5-14-12-21(18(11-19-14)13(2)3)17-9-15-7-6-8-16(10-17)20(15)4/h13-19H,5-12H2,1-4H3. The summed E-state index contributed by atoms with van der Waals surface area (Å²) in [6, 6.07) is 3.98. The van der Waals surface area contributed by atoms with E-state index in [-0.39, 0.29) is 0 Å². The predicted octanol–water partition coefficient (Wildman–Crippen LogP) is 2.71. The van der Waals surface area contributed by atoms with Gasteiger partial charge in [-0.05, 0) is 45.1 Å². The van der Waals surface area contributed by atoms with Crippen molar-refractivity contribution in [1.82, 2.24) is 15.1 Å². The highest BCUT2D eigenvalue weighted by Crippen LogP contribution is 2.36. The van der Waals surface area contributed by atoms with Gasteiger partial charge in [0, 0.05) is 43.3 Å². The quantitative estimate of drug-likeness (QED) is 0.863. The van der Waals surface area contributed by atoms with Gasteiger partial charge in [0.2, 0.25) is 0 Å². The number of fused-ring (bicyclic) bond motifs is 2. The van der Waals surface area contributed by atoms with Crippen molar-refractivity contribution in [2.75, 3.05) is 20.1 Å². The van der Waals surface area contributed by atoms with Crippen molar-refractivity contribution in [2.24, 2.45) is 5.92 Å². The zero-order valence-corrected chi connectivity index (χ0v) is 14.5. The van der Waals surface area contributed by atoms with Crippen molar-refractivity contribution in [1.29, 1.82) is 0 Å². The van der Waals surface area contributed by atoms with Crippen molar-refractivity contribution in [2.45, 2.75) is 89.5 Å². The van der Waals surface area contributed by atoms with E-state index in [4.69, 9.17) is 0 Å². The predicted molar refractivity (Wildman–Crippen MR) is 89.6 cm³/mol. The van der Waals surface area contributed by atoms with Crippen LogP contribution in [0.4, 0.5) is 0 Å². The van der Waals surface area contributed by atoms with E-state index in [1.807, 2.05) is 0 Å². The monoisotopic (exact) mass is 293 g/mol. The normalized spacial score (nSPS) is 42.4. The Morgan fingerprint density at radius 1 is 1.10 bits per heavy atom. The molecule has 0 radical (unpaired) electrons. The smallest absolute Gasteiger partial charge is 0.0247 e. The molecule has 0 aromatic rings. The molecule has 3 heteroatoms. The molecule has 3 aliphatic rings. The van der Waals surface area contributed by atoms with E-state index in [1.165, 1.54) is 51.6 Å². The average Bonchev–Trinajstić information content (AvgIpc) is 2.46. The van der Waals surface area contributed by atoms with Crippen molar-refractivity contribution >= 4 is 0 Å². The molecule has 1 N–H and O–H groups in total. The SMILES string of the molecule is CCC1CN(C2CC3CCCC(C2)N3C)C(C(C)C)CN1. The third kappa shape index (κ3) is 3.16. The first-order valence-electron chi connectivity index (χ1n) is 9.31. The van der Waals surface area contributed by atoms with E-state index in [9.17, 15) is 0 Å². The number of piperidine rings is 2. The molecule has 3 heterocycles. The van der Waals surface area contributed by atoms with E-state index in [2.05, 4.69) is 42.9 Å². The van der Waals surface area contributed by atoms with Gasteiger partial charge >= 0.3 is 0 Å². The Kier molecular flexibility index (Phi) is 4.92. The molecule has 0 aromatic heterocycles. The Morgan fingerprint density at radius 2 is 1.76 bits per heavy atom. The Bertz CT molecular complexity index is 329. The molecular formula is C18H35N3. The molecule has 3 fully saturated rings. The molecule has 0 aliphatic carbocycles. The Labute approximate surface area is 131 Å². The molecule has 3 nitrogen and oxygen atoms in total. The van der Waals surface area contributed by atoms with Gasteiger partial charge in [-0.2, -0.15) is 0 Å². The molecule has 3 rings (SSSR count). The molecule has 0 saturated carbocycles. The Hall–Kier alpha value is -0.120. The molecule has 0 spiro atoms. The summed E-state index contributed by atoms with van der Waals surface area (Å²) in [5, 5.41) is 3.78. The largest absolute Gasteiger partial charge is 0.311 e. The molecule has 0 amide bonds. The number of hydrogen-bond donors (Lipinski definition) is 1. The maximum Gasteiger partial charge on any atom is 0.0247 e. The van der Waals surface area contributed by atoms with Gasteiger partial charge in [0.15, 0.2) is 0 Å². The summed E-state index contributed by atoms with van der Waals surface area (Å²) in [5.41, 5.74) is 0. The van der Waals surface area contributed by atoms with E-state index < -0.39 is 0 Å². The molecular weight excluding hydrogens is 258 g/mol. The number of rotatable bonds is 3. The van der Waals surface area contributed by atoms with Gasteiger partial charge in [-0.15, -0.1) is 0 Å². The van der Waals surface area contributed by atoms with Gasteiger partial charge in [0.1, 0.15) is 0 Å². The number of nitrogens with one attached hydrogen (secondary N) is 1. The lowest BCUT2D eigenvalue weighted by atomic mass is 9.80. The van der Waals surface area contributed by atoms with Crippen molar-refractivity contribution in [3.05, 3.63) is 0 Å². The van der Waals surface area contributed by atoms with Crippen LogP contribution in [0.1, 0.15) is 59.3 Å². The van der Waals surface area contributed by atoms with Crippen molar-refractivity contribution < 1.29 is 0 Å². The number of piperazine rings is 1. The van der Waals surface area contributed by atoms with Crippen LogP contribution in [0.3, 0.4) is 0 Å². The van der Waals surface area contributed by atoms with Crippen LogP contribution in [0.5, 0.6) is 0 Å². The highest BCUT2D eigenvalue weighted by atomic mass is 15.3. The molecule has 4 atom stereocenters. The third-order valence-corrected chi connectivity index (χ3v) is 6.52. The van der Waals surface area contributed by atoms with E-state index in [0.29, 0.717) is 6.04 Å². The second-order valence-electron chi connectivity index (χ2n) is 8.05. The van der Waals surface area contributed by atoms with Gasteiger partial charge < -0.3 is 10.2 Å². The number of hydrogen-bond acceptors (Lipinski definition) is 3. The van der Waals surface area contributed by atoms with Crippen LogP contribution in [0.25, 0.3) is 0 Å². The van der Waals surface area contributed by atoms with Gasteiger partial charge in [-0.25, -0.2) is 0 Å². The fourth-order valence-corrected chi connectivity index (χ4v) is 5.03. The van der Waals surface area contributed by atoms with E-state index in [1.54, 1.807) is 0 Å². The summed E-state index contributed by atoms with van der Waals surface area (Å²) in [7, 11) is 2.37. The van der Waals surface area contributed by atoms with Gasteiger partial charge in [0.25, 0.3) is 0 Å². The maximum absolute atomic E-state index is 3.78. The summed E-state index contributed by atoms with van der Waals surface area (Å²) in [6.07, 6.45) is 8.40. The summed E-state index contributed by atoms with van der Waals surface area (Å²) in [6.45, 7) is 9.60. The van der Waals surface area contributed by atoms with Crippen LogP contribution in [0, 0.1) is 5.92 Å². The topological polar surface area (TPSA) is 18.5 Å². The lowest BCUT2D eigenvalue weighted by molar-refractivity contribution is -0.0278. The van der Waals surface area contributed by atoms with E-state index >= 15 is 0 Å². The molecule has 0 aromatic carbocycles. The highest BCUT2D eigenvalue weighted by Gasteiger charge is 2.41. The third-order valence-electron chi connectivity index (χ3n) is 6.52. The minimum absolute atomic E-state index is 0.708. The van der Waals surface area contributed by atoms with Crippen LogP contribution >= 0.6 is 0 Å². The molecule has 3 aliphatic heterocycles. The Morgan fingerprint density at radius 3 is 2.33 bits per heavy atom. The number of nitrogens with zero attached hydrogens (tertiary/aromatic N) is 2. The van der Waals surface area contributed by atoms with Crippen LogP contribution in [0.15, 0.2) is 0 Å².